The molecule has 0 spiro atoms. The number of amides is 1. The van der Waals surface area contributed by atoms with E-state index in [1.54, 1.807) is 42.6 Å². The Morgan fingerprint density at radius 1 is 1.08 bits per heavy atom. The second-order valence-corrected chi connectivity index (χ2v) is 9.42. The highest BCUT2D eigenvalue weighted by Crippen LogP contribution is 2.36. The Bertz CT molecular complexity index is 1220. The quantitative estimate of drug-likeness (QED) is 0.386. The summed E-state index contributed by atoms with van der Waals surface area (Å²) in [7, 11) is 3.88. The number of carbonyl (C=O) groups is 1. The monoisotopic (exact) mass is 496 g/mol. The van der Waals surface area contributed by atoms with Crippen molar-refractivity contribution < 1.29 is 18.0 Å². The summed E-state index contributed by atoms with van der Waals surface area (Å²) < 4.78 is 40.4. The van der Waals surface area contributed by atoms with Gasteiger partial charge in [-0.15, -0.1) is 0 Å². The Balaban J connectivity index is 1.42. The van der Waals surface area contributed by atoms with Gasteiger partial charge in [0, 0.05) is 48.7 Å². The van der Waals surface area contributed by atoms with Crippen molar-refractivity contribution in [3.05, 3.63) is 78.1 Å². The third kappa shape index (κ3) is 6.17. The molecule has 1 amide bonds. The second-order valence-electron chi connectivity index (χ2n) is 9.42. The maximum absolute atomic E-state index is 13.5. The lowest BCUT2D eigenvalue weighted by Crippen LogP contribution is -2.32. The van der Waals surface area contributed by atoms with Crippen LogP contribution in [0.2, 0.25) is 0 Å². The van der Waals surface area contributed by atoms with E-state index in [1.807, 2.05) is 37.2 Å². The minimum absolute atomic E-state index is 0.0320. The first kappa shape index (κ1) is 25.5. The predicted molar refractivity (Wildman–Crippen MR) is 138 cm³/mol. The summed E-state index contributed by atoms with van der Waals surface area (Å²) in [5.41, 5.74) is 1.48. The molecule has 0 radical (unpaired) electrons. The van der Waals surface area contributed by atoms with Crippen LogP contribution in [0.3, 0.4) is 0 Å². The Labute approximate surface area is 209 Å². The highest BCUT2D eigenvalue weighted by atomic mass is 19.4. The molecule has 0 saturated heterocycles. The van der Waals surface area contributed by atoms with Crippen molar-refractivity contribution in [2.24, 2.45) is 5.92 Å². The van der Waals surface area contributed by atoms with Crippen molar-refractivity contribution in [1.29, 1.82) is 0 Å². The van der Waals surface area contributed by atoms with Gasteiger partial charge in [-0.25, -0.2) is 4.98 Å². The van der Waals surface area contributed by atoms with Crippen LogP contribution in [-0.4, -0.2) is 31.0 Å². The fourth-order valence-corrected chi connectivity index (χ4v) is 4.69. The summed E-state index contributed by atoms with van der Waals surface area (Å²) >= 11 is 0. The van der Waals surface area contributed by atoms with Crippen LogP contribution in [0.1, 0.15) is 48.2 Å². The Morgan fingerprint density at radius 2 is 1.81 bits per heavy atom. The molecule has 8 heteroatoms. The van der Waals surface area contributed by atoms with E-state index in [0.717, 1.165) is 37.4 Å². The van der Waals surface area contributed by atoms with Gasteiger partial charge in [-0.1, -0.05) is 37.1 Å². The molecule has 0 bridgehead atoms. The zero-order chi connectivity index (χ0) is 25.7. The van der Waals surface area contributed by atoms with E-state index in [4.69, 9.17) is 0 Å². The van der Waals surface area contributed by atoms with E-state index < -0.39 is 11.9 Å². The molecule has 5 nitrogen and oxygen atoms in total. The number of rotatable bonds is 7. The van der Waals surface area contributed by atoms with Crippen LogP contribution >= 0.6 is 0 Å². The van der Waals surface area contributed by atoms with Gasteiger partial charge >= 0.3 is 6.18 Å². The number of pyridine rings is 1. The first-order valence-corrected chi connectivity index (χ1v) is 12.2. The highest BCUT2D eigenvalue weighted by Gasteiger charge is 2.34. The number of nitrogens with zero attached hydrogens (tertiary/aromatic N) is 2. The van der Waals surface area contributed by atoms with Crippen LogP contribution in [0, 0.1) is 5.92 Å². The SMILES string of the molecule is CN(C)c1ccc(C(=O)N/C=C/CC2CCCC[C@@H]2Nc2cc(C(F)(F)F)nc3ccccc23)cc1. The summed E-state index contributed by atoms with van der Waals surface area (Å²) in [6.45, 7) is 0. The van der Waals surface area contributed by atoms with Gasteiger partial charge in [-0.05, 0) is 61.6 Å². The average molecular weight is 497 g/mol. The molecule has 1 heterocycles. The number of benzene rings is 2. The number of halogens is 3. The molecule has 190 valence electrons. The summed E-state index contributed by atoms with van der Waals surface area (Å²) in [5, 5.41) is 6.90. The number of alkyl halides is 3. The number of hydrogen-bond donors (Lipinski definition) is 2. The number of carbonyl (C=O) groups excluding carboxylic acids is 1. The summed E-state index contributed by atoms with van der Waals surface area (Å²) in [4.78, 5) is 18.2. The van der Waals surface area contributed by atoms with Gasteiger partial charge in [0.05, 0.1) is 5.52 Å². The smallest absolute Gasteiger partial charge is 0.381 e. The van der Waals surface area contributed by atoms with Gasteiger partial charge in [-0.2, -0.15) is 13.2 Å². The largest absolute Gasteiger partial charge is 0.433 e. The topological polar surface area (TPSA) is 57.3 Å². The van der Waals surface area contributed by atoms with Crippen molar-refractivity contribution in [3.63, 3.8) is 0 Å². The third-order valence-electron chi connectivity index (χ3n) is 6.67. The number of nitrogens with one attached hydrogen (secondary N) is 2. The van der Waals surface area contributed by atoms with Crippen molar-refractivity contribution in [2.45, 2.75) is 44.3 Å². The molecular weight excluding hydrogens is 465 g/mol. The fourth-order valence-electron chi connectivity index (χ4n) is 4.69. The number of anilines is 2. The van der Waals surface area contributed by atoms with E-state index in [-0.39, 0.29) is 17.9 Å². The minimum atomic E-state index is -4.51. The molecule has 1 aliphatic carbocycles. The van der Waals surface area contributed by atoms with E-state index in [2.05, 4.69) is 15.6 Å². The third-order valence-corrected chi connectivity index (χ3v) is 6.67. The van der Waals surface area contributed by atoms with E-state index in [0.29, 0.717) is 28.6 Å². The number of aromatic nitrogens is 1. The molecule has 1 aliphatic rings. The van der Waals surface area contributed by atoms with Crippen LogP contribution in [0.15, 0.2) is 66.9 Å². The number of para-hydroxylation sites is 1. The first-order valence-electron chi connectivity index (χ1n) is 12.2. The summed E-state index contributed by atoms with van der Waals surface area (Å²) in [6.07, 6.45) is 3.74. The number of hydrogen-bond acceptors (Lipinski definition) is 4. The van der Waals surface area contributed by atoms with Crippen LogP contribution in [0.5, 0.6) is 0 Å². The van der Waals surface area contributed by atoms with Crippen molar-refractivity contribution in [1.82, 2.24) is 10.3 Å². The molecule has 36 heavy (non-hydrogen) atoms. The molecule has 2 atom stereocenters. The van der Waals surface area contributed by atoms with Gasteiger partial charge < -0.3 is 15.5 Å². The van der Waals surface area contributed by atoms with Crippen molar-refractivity contribution in [3.8, 4) is 0 Å². The van der Waals surface area contributed by atoms with Crippen LogP contribution in [0.25, 0.3) is 10.9 Å². The standard InChI is InChI=1S/C28H31F3N4O/c1-35(2)21-15-13-20(14-16-21)27(36)32-17-7-9-19-8-3-5-11-23(19)33-25-18-26(28(29,30)31)34-24-12-6-4-10-22(24)25/h4,6-7,10,12-19,23H,3,5,8-9,11H2,1-2H3,(H,32,36)(H,33,34)/b17-7+/t19?,23-/m0/s1. The molecule has 1 unspecified atom stereocenters. The Kier molecular flexibility index (Phi) is 7.82. The normalized spacial score (nSPS) is 18.4. The summed E-state index contributed by atoms with van der Waals surface area (Å²) in [5.74, 6) is 0.0605. The lowest BCUT2D eigenvalue weighted by molar-refractivity contribution is -0.140. The Hall–Kier alpha value is -3.55. The molecular formula is C28H31F3N4O. The zero-order valence-electron chi connectivity index (χ0n) is 20.5. The number of allylic oxidation sites excluding steroid dienone is 1. The van der Waals surface area contributed by atoms with E-state index in [1.165, 1.54) is 0 Å². The molecule has 2 N–H and O–H groups in total. The zero-order valence-corrected chi connectivity index (χ0v) is 20.5. The molecule has 1 aromatic heterocycles. The highest BCUT2D eigenvalue weighted by molar-refractivity contribution is 5.95. The first-order chi connectivity index (χ1) is 17.2. The van der Waals surface area contributed by atoms with Gasteiger partial charge in [0.15, 0.2) is 0 Å². The molecule has 0 aliphatic heterocycles. The Morgan fingerprint density at radius 3 is 2.53 bits per heavy atom. The molecule has 2 aromatic carbocycles. The molecule has 3 aromatic rings. The number of fused-ring (bicyclic) bond motifs is 1. The van der Waals surface area contributed by atoms with Crippen molar-refractivity contribution in [2.75, 3.05) is 24.3 Å². The van der Waals surface area contributed by atoms with E-state index in [9.17, 15) is 18.0 Å². The van der Waals surface area contributed by atoms with Crippen LogP contribution in [0.4, 0.5) is 24.5 Å². The van der Waals surface area contributed by atoms with Gasteiger partial charge in [0.1, 0.15) is 5.69 Å². The van der Waals surface area contributed by atoms with E-state index >= 15 is 0 Å². The average Bonchev–Trinajstić information content (AvgIpc) is 2.86. The minimum Gasteiger partial charge on any atom is -0.381 e. The lowest BCUT2D eigenvalue weighted by atomic mass is 9.82. The van der Waals surface area contributed by atoms with Crippen LogP contribution < -0.4 is 15.5 Å². The lowest BCUT2D eigenvalue weighted by Gasteiger charge is -2.33. The molecule has 1 saturated carbocycles. The van der Waals surface area contributed by atoms with Crippen molar-refractivity contribution >= 4 is 28.2 Å². The molecule has 4 rings (SSSR count). The maximum atomic E-state index is 13.5. The van der Waals surface area contributed by atoms with Crippen LogP contribution in [-0.2, 0) is 6.18 Å². The van der Waals surface area contributed by atoms with Gasteiger partial charge in [0.2, 0.25) is 0 Å². The molecule has 1 fully saturated rings. The van der Waals surface area contributed by atoms with Gasteiger partial charge in [-0.3, -0.25) is 4.79 Å². The second kappa shape index (κ2) is 11.0. The maximum Gasteiger partial charge on any atom is 0.433 e. The van der Waals surface area contributed by atoms with Gasteiger partial charge in [0.25, 0.3) is 5.91 Å². The predicted octanol–water partition coefficient (Wildman–Crippen LogP) is 6.62. The fraction of sp³-hybridized carbons (Fsp3) is 0.357. The summed E-state index contributed by atoms with van der Waals surface area (Å²) in [6, 6.07) is 15.4.